The smallest absolute Gasteiger partial charge is 0.318 e. The Morgan fingerprint density at radius 1 is 0.878 bits per heavy atom. The third-order valence-electron chi connectivity index (χ3n) is 10.8. The molecule has 4 N–H and O–H groups in total. The summed E-state index contributed by atoms with van der Waals surface area (Å²) in [7, 11) is 0. The number of para-hydroxylation sites is 1. The van der Waals surface area contributed by atoms with E-state index >= 15 is 0 Å². The van der Waals surface area contributed by atoms with E-state index in [4.69, 9.17) is 0 Å². The maximum atomic E-state index is 14.2. The highest BCUT2D eigenvalue weighted by Gasteiger charge is 2.54. The molecule has 0 spiro atoms. The van der Waals surface area contributed by atoms with Gasteiger partial charge in [-0.25, -0.2) is 4.79 Å². The molecule has 49 heavy (non-hydrogen) atoms. The number of amides is 5. The Kier molecular flexibility index (Phi) is 8.71. The first-order valence-electron chi connectivity index (χ1n) is 17.8. The summed E-state index contributed by atoms with van der Waals surface area (Å²) in [5, 5.41) is 16.7. The van der Waals surface area contributed by atoms with Crippen LogP contribution in [0.3, 0.4) is 0 Å². The van der Waals surface area contributed by atoms with Gasteiger partial charge in [0.25, 0.3) is 11.8 Å². The van der Waals surface area contributed by atoms with Gasteiger partial charge in [0.2, 0.25) is 5.91 Å². The fourth-order valence-electron chi connectivity index (χ4n) is 7.85. The third-order valence-corrected chi connectivity index (χ3v) is 10.8. The highest BCUT2D eigenvalue weighted by Crippen LogP contribution is 2.51. The van der Waals surface area contributed by atoms with Gasteiger partial charge in [0.15, 0.2) is 0 Å². The minimum Gasteiger partial charge on any atom is -0.339 e. The number of aromatic nitrogens is 2. The molecule has 3 aliphatic carbocycles. The second-order valence-electron chi connectivity index (χ2n) is 15.0. The van der Waals surface area contributed by atoms with E-state index in [9.17, 15) is 19.2 Å². The average Bonchev–Trinajstić information content (AvgIpc) is 3.96. The molecule has 1 aliphatic heterocycles. The van der Waals surface area contributed by atoms with Crippen LogP contribution in [0.2, 0.25) is 0 Å². The molecule has 0 radical (unpaired) electrons. The van der Waals surface area contributed by atoms with Crippen LogP contribution in [0, 0.1) is 23.7 Å². The van der Waals surface area contributed by atoms with Crippen LogP contribution in [0.25, 0.3) is 0 Å². The zero-order chi connectivity index (χ0) is 34.4. The van der Waals surface area contributed by atoms with Gasteiger partial charge >= 0.3 is 6.03 Å². The molecule has 1 unspecified atom stereocenters. The number of nitrogens with one attached hydrogen (secondary N) is 4. The lowest BCUT2D eigenvalue weighted by Crippen LogP contribution is -2.59. The van der Waals surface area contributed by atoms with E-state index in [1.807, 2.05) is 62.4 Å². The number of carbonyl (C=O) groups is 4. The van der Waals surface area contributed by atoms with Crippen LogP contribution in [-0.2, 0) is 22.4 Å². The molecule has 11 nitrogen and oxygen atoms in total. The lowest BCUT2D eigenvalue weighted by Gasteiger charge is -2.36. The monoisotopic (exact) mass is 665 g/mol. The number of benzene rings is 2. The molecule has 1 aromatic heterocycles. The van der Waals surface area contributed by atoms with Crippen LogP contribution in [0.5, 0.6) is 0 Å². The van der Waals surface area contributed by atoms with Crippen LogP contribution < -0.4 is 21.3 Å². The molecule has 258 valence electrons. The molecular weight excluding hydrogens is 618 g/mol. The van der Waals surface area contributed by atoms with Crippen molar-refractivity contribution >= 4 is 35.1 Å². The molecule has 1 saturated heterocycles. The van der Waals surface area contributed by atoms with Crippen molar-refractivity contribution in [3.05, 3.63) is 77.6 Å². The van der Waals surface area contributed by atoms with Gasteiger partial charge in [-0.15, -0.1) is 0 Å². The molecule has 5 amide bonds. The maximum Gasteiger partial charge on any atom is 0.318 e. The molecule has 7 rings (SSSR count). The Morgan fingerprint density at radius 2 is 1.57 bits per heavy atom. The Bertz CT molecular complexity index is 1730. The summed E-state index contributed by atoms with van der Waals surface area (Å²) < 4.78 is 1.68. The summed E-state index contributed by atoms with van der Waals surface area (Å²) >= 11 is 0. The highest BCUT2D eigenvalue weighted by atomic mass is 16.2. The van der Waals surface area contributed by atoms with E-state index in [0.29, 0.717) is 48.3 Å². The second-order valence-corrected chi connectivity index (χ2v) is 15.0. The number of hydrogen-bond acceptors (Lipinski definition) is 5. The summed E-state index contributed by atoms with van der Waals surface area (Å²) in [5.74, 6) is 0.350. The fourth-order valence-corrected chi connectivity index (χ4v) is 7.85. The summed E-state index contributed by atoms with van der Waals surface area (Å²) in [5.41, 5.74) is 2.44. The standard InChI is InChI=1S/C38H47N7O4/c1-22(2)30-21-44(37(49)42-30)38(36(48)41-28-8-6-5-7-9-28)19-26-14-15-29(18-27(26)20-38)40-35(47)33(32(24-10-11-24)25-12-13-25)43-34(46)31-16-17-39-45(31)23(3)4/h5-9,14-18,22-25,30,32-33H,10-13,19-21H2,1-4H3,(H,40,47)(H,41,48)(H,42,49)(H,43,46)/t30-,33-,38?/m0/s1. The van der Waals surface area contributed by atoms with Gasteiger partial charge in [-0.2, -0.15) is 5.10 Å². The molecule has 4 aliphatic rings. The minimum absolute atomic E-state index is 0.00175. The first kappa shape index (κ1) is 32.9. The first-order chi connectivity index (χ1) is 23.5. The lowest BCUT2D eigenvalue weighted by atomic mass is 9.88. The summed E-state index contributed by atoms with van der Waals surface area (Å²) in [4.78, 5) is 57.1. The first-order valence-corrected chi connectivity index (χ1v) is 17.8. The number of anilines is 2. The SMILES string of the molecule is CC(C)[C@@H]1CN(C2(C(=O)Nc3ccccc3)Cc3ccc(NC(=O)[C@@H](NC(=O)c4ccnn4C(C)C)C(C4CC4)C4CC4)cc3C2)C(=O)N1. The second kappa shape index (κ2) is 13.0. The van der Waals surface area contributed by atoms with E-state index in [0.717, 1.165) is 36.8 Å². The largest absolute Gasteiger partial charge is 0.339 e. The lowest BCUT2D eigenvalue weighted by molar-refractivity contribution is -0.125. The van der Waals surface area contributed by atoms with Gasteiger partial charge in [0, 0.05) is 43.0 Å². The van der Waals surface area contributed by atoms with Crippen molar-refractivity contribution in [1.29, 1.82) is 0 Å². The van der Waals surface area contributed by atoms with Crippen LogP contribution in [0.15, 0.2) is 60.8 Å². The summed E-state index contributed by atoms with van der Waals surface area (Å²) in [6, 6.07) is 15.7. The zero-order valence-electron chi connectivity index (χ0n) is 28.7. The molecule has 3 aromatic rings. The van der Waals surface area contributed by atoms with E-state index in [1.54, 1.807) is 21.8 Å². The van der Waals surface area contributed by atoms with Crippen molar-refractivity contribution < 1.29 is 19.2 Å². The Hall–Kier alpha value is -4.67. The number of hydrogen-bond donors (Lipinski definition) is 4. The molecule has 2 saturated carbocycles. The summed E-state index contributed by atoms with van der Waals surface area (Å²) in [6.45, 7) is 8.50. The number of urea groups is 1. The van der Waals surface area contributed by atoms with Gasteiger partial charge in [-0.1, -0.05) is 38.1 Å². The fraction of sp³-hybridized carbons (Fsp3) is 0.500. The van der Waals surface area contributed by atoms with Gasteiger partial charge in [-0.3, -0.25) is 19.1 Å². The number of fused-ring (bicyclic) bond motifs is 1. The maximum absolute atomic E-state index is 14.2. The number of carbonyl (C=O) groups excluding carboxylic acids is 4. The van der Waals surface area contributed by atoms with Crippen molar-refractivity contribution in [2.45, 2.75) is 89.9 Å². The van der Waals surface area contributed by atoms with E-state index in [-0.39, 0.29) is 47.7 Å². The normalized spacial score (nSPS) is 22.3. The topological polar surface area (TPSA) is 137 Å². The average molecular weight is 666 g/mol. The van der Waals surface area contributed by atoms with Gasteiger partial charge < -0.3 is 26.2 Å². The molecule has 0 bridgehead atoms. The van der Waals surface area contributed by atoms with Crippen LogP contribution in [-0.4, -0.2) is 62.6 Å². The minimum atomic E-state index is -1.13. The predicted octanol–water partition coefficient (Wildman–Crippen LogP) is 5.16. The van der Waals surface area contributed by atoms with Crippen LogP contribution >= 0.6 is 0 Å². The summed E-state index contributed by atoms with van der Waals surface area (Å²) in [6.07, 6.45) is 6.56. The van der Waals surface area contributed by atoms with E-state index in [1.165, 1.54) is 0 Å². The zero-order valence-corrected chi connectivity index (χ0v) is 28.7. The molecule has 3 atom stereocenters. The van der Waals surface area contributed by atoms with Crippen molar-refractivity contribution in [3.8, 4) is 0 Å². The highest BCUT2D eigenvalue weighted by molar-refractivity contribution is 6.03. The van der Waals surface area contributed by atoms with Crippen molar-refractivity contribution in [2.75, 3.05) is 17.2 Å². The number of rotatable bonds is 12. The van der Waals surface area contributed by atoms with Gasteiger partial charge in [0.05, 0.1) is 6.04 Å². The van der Waals surface area contributed by atoms with Crippen molar-refractivity contribution in [2.24, 2.45) is 23.7 Å². The van der Waals surface area contributed by atoms with Crippen LogP contribution in [0.4, 0.5) is 16.2 Å². The molecule has 3 fully saturated rings. The molecule has 2 aromatic carbocycles. The number of nitrogens with zero attached hydrogens (tertiary/aromatic N) is 3. The Balaban J connectivity index is 1.14. The Labute approximate surface area is 287 Å². The van der Waals surface area contributed by atoms with Gasteiger partial charge in [0.1, 0.15) is 17.3 Å². The Morgan fingerprint density at radius 3 is 2.20 bits per heavy atom. The molecular formula is C38H47N7O4. The quantitative estimate of drug-likeness (QED) is 0.212. The van der Waals surface area contributed by atoms with E-state index < -0.39 is 11.6 Å². The van der Waals surface area contributed by atoms with E-state index in [2.05, 4.69) is 40.2 Å². The molecule has 11 heteroatoms. The van der Waals surface area contributed by atoms with Crippen LogP contribution in [0.1, 0.15) is 81.0 Å². The van der Waals surface area contributed by atoms with Crippen molar-refractivity contribution in [1.82, 2.24) is 25.3 Å². The molecule has 2 heterocycles. The van der Waals surface area contributed by atoms with Gasteiger partial charge in [-0.05, 0) is 105 Å². The predicted molar refractivity (Wildman–Crippen MR) is 187 cm³/mol. The third kappa shape index (κ3) is 6.55. The van der Waals surface area contributed by atoms with Crippen molar-refractivity contribution in [3.63, 3.8) is 0 Å².